The molecule has 3 heterocycles. The van der Waals surface area contributed by atoms with Crippen LogP contribution in [-0.4, -0.2) is 14.5 Å². The summed E-state index contributed by atoms with van der Waals surface area (Å²) in [6.07, 6.45) is 0. The van der Waals surface area contributed by atoms with Gasteiger partial charge in [0, 0.05) is 33.0 Å². The molecule has 5 nitrogen and oxygen atoms in total. The van der Waals surface area contributed by atoms with E-state index < -0.39 is 0 Å². The molecule has 0 aliphatic rings. The van der Waals surface area contributed by atoms with Gasteiger partial charge in [-0.2, -0.15) is 5.26 Å². The third kappa shape index (κ3) is 4.09. The Bertz CT molecular complexity index is 2590. The molecule has 5 heteroatoms. The second-order valence-corrected chi connectivity index (χ2v) is 11.4. The van der Waals surface area contributed by atoms with E-state index in [4.69, 9.17) is 14.4 Å². The van der Waals surface area contributed by atoms with Gasteiger partial charge in [0.2, 0.25) is 0 Å². The number of rotatable bonds is 4. The number of hydrogen-bond acceptors (Lipinski definition) is 4. The Kier molecular flexibility index (Phi) is 5.81. The average Bonchev–Trinajstić information content (AvgIpc) is 3.67. The minimum atomic E-state index is 0.589. The highest BCUT2D eigenvalue weighted by Gasteiger charge is 2.19. The summed E-state index contributed by atoms with van der Waals surface area (Å²) in [5.41, 5.74) is 10.4. The molecule has 0 saturated heterocycles. The number of furan rings is 1. The van der Waals surface area contributed by atoms with Crippen LogP contribution in [0.15, 0.2) is 150 Å². The fourth-order valence-corrected chi connectivity index (χ4v) is 6.50. The minimum absolute atomic E-state index is 0.589. The highest BCUT2D eigenvalue weighted by Crippen LogP contribution is 2.38. The second-order valence-electron chi connectivity index (χ2n) is 11.4. The van der Waals surface area contributed by atoms with Crippen LogP contribution in [0.5, 0.6) is 0 Å². The third-order valence-electron chi connectivity index (χ3n) is 8.61. The van der Waals surface area contributed by atoms with Crippen LogP contribution in [0.3, 0.4) is 0 Å². The molecule has 0 fully saturated rings. The van der Waals surface area contributed by atoms with Gasteiger partial charge in [-0.3, -0.25) is 0 Å². The zero-order valence-electron chi connectivity index (χ0n) is 24.6. The molecule has 0 amide bonds. The lowest BCUT2D eigenvalue weighted by Gasteiger charge is -2.11. The lowest BCUT2D eigenvalue weighted by Crippen LogP contribution is -1.96. The van der Waals surface area contributed by atoms with E-state index in [1.54, 1.807) is 0 Å². The summed E-state index contributed by atoms with van der Waals surface area (Å²) in [6, 6.07) is 51.5. The van der Waals surface area contributed by atoms with Crippen molar-refractivity contribution in [3.05, 3.63) is 151 Å². The Morgan fingerprint density at radius 3 is 1.89 bits per heavy atom. The summed E-state index contributed by atoms with van der Waals surface area (Å²) in [5.74, 6) is 0.639. The largest absolute Gasteiger partial charge is 0.452 e. The van der Waals surface area contributed by atoms with Crippen molar-refractivity contribution in [1.29, 1.82) is 5.26 Å². The molecular formula is C41H24N4O. The number of fused-ring (bicyclic) bond motifs is 6. The Morgan fingerprint density at radius 1 is 0.543 bits per heavy atom. The van der Waals surface area contributed by atoms with Crippen molar-refractivity contribution in [3.8, 4) is 45.5 Å². The maximum atomic E-state index is 10.1. The van der Waals surface area contributed by atoms with Gasteiger partial charge in [-0.25, -0.2) is 9.97 Å². The van der Waals surface area contributed by atoms with Crippen LogP contribution in [0.4, 0.5) is 0 Å². The fourth-order valence-electron chi connectivity index (χ4n) is 6.50. The van der Waals surface area contributed by atoms with Gasteiger partial charge >= 0.3 is 0 Å². The standard InChI is InChI=1S/C41H24N4O/c42-25-26-21-30(23-31(22-26)45-35-17-9-7-15-32(35)33-16-8-10-18-36(33)45)29-19-20-37-34(24-29)39-40(46-37)38(27-11-3-1-4-12-27)43-41(44-39)28-13-5-2-6-14-28/h1-24H. The van der Waals surface area contributed by atoms with E-state index in [9.17, 15) is 5.26 Å². The summed E-state index contributed by atoms with van der Waals surface area (Å²) in [5, 5.41) is 13.4. The molecule has 9 rings (SSSR count). The summed E-state index contributed by atoms with van der Waals surface area (Å²) in [7, 11) is 0. The number of para-hydroxylation sites is 2. The zero-order valence-corrected chi connectivity index (χ0v) is 24.6. The van der Waals surface area contributed by atoms with Crippen molar-refractivity contribution in [2.45, 2.75) is 0 Å². The van der Waals surface area contributed by atoms with Crippen LogP contribution in [0, 0.1) is 11.3 Å². The van der Waals surface area contributed by atoms with Crippen LogP contribution >= 0.6 is 0 Å². The molecule has 0 aliphatic heterocycles. The molecule has 0 bridgehead atoms. The Balaban J connectivity index is 1.28. The highest BCUT2D eigenvalue weighted by atomic mass is 16.3. The van der Waals surface area contributed by atoms with E-state index in [1.165, 1.54) is 10.8 Å². The molecule has 0 atom stereocenters. The van der Waals surface area contributed by atoms with Crippen molar-refractivity contribution in [1.82, 2.24) is 14.5 Å². The van der Waals surface area contributed by atoms with Gasteiger partial charge in [-0.15, -0.1) is 0 Å². The molecule has 0 spiro atoms. The van der Waals surface area contributed by atoms with E-state index in [0.717, 1.165) is 61.2 Å². The molecule has 9 aromatic rings. The van der Waals surface area contributed by atoms with E-state index in [2.05, 4.69) is 71.3 Å². The summed E-state index contributed by atoms with van der Waals surface area (Å²) < 4.78 is 8.70. The van der Waals surface area contributed by atoms with Crippen molar-refractivity contribution in [2.24, 2.45) is 0 Å². The maximum absolute atomic E-state index is 10.1. The Morgan fingerprint density at radius 2 is 1.20 bits per heavy atom. The van der Waals surface area contributed by atoms with Crippen molar-refractivity contribution in [3.63, 3.8) is 0 Å². The molecule has 214 valence electrons. The maximum Gasteiger partial charge on any atom is 0.180 e. The molecule has 0 N–H and O–H groups in total. The van der Waals surface area contributed by atoms with Gasteiger partial charge in [0.05, 0.1) is 22.7 Å². The van der Waals surface area contributed by atoms with Gasteiger partial charge in [0.25, 0.3) is 0 Å². The summed E-state index contributed by atoms with van der Waals surface area (Å²) in [4.78, 5) is 10.0. The van der Waals surface area contributed by atoms with Crippen LogP contribution in [-0.2, 0) is 0 Å². The molecular weight excluding hydrogens is 564 g/mol. The molecule has 46 heavy (non-hydrogen) atoms. The van der Waals surface area contributed by atoms with Gasteiger partial charge in [-0.05, 0) is 53.6 Å². The van der Waals surface area contributed by atoms with Crippen molar-refractivity contribution in [2.75, 3.05) is 0 Å². The molecule has 3 aromatic heterocycles. The summed E-state index contributed by atoms with van der Waals surface area (Å²) in [6.45, 7) is 0. The number of hydrogen-bond donors (Lipinski definition) is 0. The minimum Gasteiger partial charge on any atom is -0.452 e. The van der Waals surface area contributed by atoms with E-state index in [1.807, 2.05) is 84.9 Å². The lowest BCUT2D eigenvalue weighted by molar-refractivity contribution is 0.667. The Hall–Kier alpha value is -6.51. The normalized spacial score (nSPS) is 11.5. The third-order valence-corrected chi connectivity index (χ3v) is 8.61. The summed E-state index contributed by atoms with van der Waals surface area (Å²) >= 11 is 0. The highest BCUT2D eigenvalue weighted by molar-refractivity contribution is 6.10. The molecule has 0 saturated carbocycles. The topological polar surface area (TPSA) is 67.6 Å². The van der Waals surface area contributed by atoms with E-state index in [0.29, 0.717) is 17.0 Å². The van der Waals surface area contributed by atoms with Gasteiger partial charge in [0.1, 0.15) is 16.8 Å². The van der Waals surface area contributed by atoms with Crippen LogP contribution in [0.1, 0.15) is 5.56 Å². The predicted molar refractivity (Wildman–Crippen MR) is 185 cm³/mol. The quantitative estimate of drug-likeness (QED) is 0.205. The first kappa shape index (κ1) is 25.9. The number of aromatic nitrogens is 3. The number of benzene rings is 6. The SMILES string of the molecule is N#Cc1cc(-c2ccc3oc4c(-c5ccccc5)nc(-c5ccccc5)nc4c3c2)cc(-n2c3ccccc3c3ccccc32)c1. The fraction of sp³-hybridized carbons (Fsp3) is 0. The number of nitriles is 1. The van der Waals surface area contributed by atoms with Gasteiger partial charge < -0.3 is 8.98 Å². The average molecular weight is 589 g/mol. The molecule has 0 radical (unpaired) electrons. The van der Waals surface area contributed by atoms with Gasteiger partial charge in [0.15, 0.2) is 11.4 Å². The first-order valence-electron chi connectivity index (χ1n) is 15.1. The Labute approximate surface area is 264 Å². The first-order chi connectivity index (χ1) is 22.7. The van der Waals surface area contributed by atoms with Crippen LogP contribution in [0.2, 0.25) is 0 Å². The van der Waals surface area contributed by atoms with E-state index >= 15 is 0 Å². The zero-order chi connectivity index (χ0) is 30.6. The van der Waals surface area contributed by atoms with E-state index in [-0.39, 0.29) is 0 Å². The smallest absolute Gasteiger partial charge is 0.180 e. The second kappa shape index (κ2) is 10.3. The first-order valence-corrected chi connectivity index (χ1v) is 15.1. The lowest BCUT2D eigenvalue weighted by atomic mass is 10.0. The van der Waals surface area contributed by atoms with Crippen molar-refractivity contribution < 1.29 is 4.42 Å². The molecule has 6 aromatic carbocycles. The monoisotopic (exact) mass is 588 g/mol. The predicted octanol–water partition coefficient (Wildman–Crippen LogP) is 10.3. The molecule has 0 aliphatic carbocycles. The van der Waals surface area contributed by atoms with Crippen LogP contribution in [0.25, 0.3) is 83.3 Å². The number of nitrogens with zero attached hydrogens (tertiary/aromatic N) is 4. The van der Waals surface area contributed by atoms with Crippen molar-refractivity contribution >= 4 is 43.9 Å². The molecule has 0 unspecified atom stereocenters. The van der Waals surface area contributed by atoms with Crippen LogP contribution < -0.4 is 0 Å². The van der Waals surface area contributed by atoms with Gasteiger partial charge in [-0.1, -0.05) is 103 Å².